The minimum absolute atomic E-state index is 0.743. The van der Waals surface area contributed by atoms with Gasteiger partial charge in [-0.2, -0.15) is 0 Å². The minimum Gasteiger partial charge on any atom is -0.496 e. The summed E-state index contributed by atoms with van der Waals surface area (Å²) in [6.45, 7) is 1.76. The molecule has 1 fully saturated rings. The summed E-state index contributed by atoms with van der Waals surface area (Å²) in [4.78, 5) is 4.22. The van der Waals surface area contributed by atoms with Gasteiger partial charge in [0.2, 0.25) is 0 Å². The van der Waals surface area contributed by atoms with Gasteiger partial charge in [-0.25, -0.2) is 0 Å². The lowest BCUT2D eigenvalue weighted by atomic mass is 10.2. The van der Waals surface area contributed by atoms with E-state index in [4.69, 9.17) is 4.74 Å². The molecule has 0 atom stereocenters. The number of rotatable bonds is 5. The summed E-state index contributed by atoms with van der Waals surface area (Å²) in [6.07, 6.45) is 2.69. The molecule has 0 saturated heterocycles. The summed E-state index contributed by atoms with van der Waals surface area (Å²) in [6, 6.07) is 6.06. The number of benzene rings is 1. The van der Waals surface area contributed by atoms with Gasteiger partial charge >= 0.3 is 0 Å². The Bertz CT molecular complexity index is 458. The number of nitrogens with one attached hydrogen (secondary N) is 2. The Morgan fingerprint density at radius 3 is 2.79 bits per heavy atom. The molecule has 0 aromatic heterocycles. The monoisotopic (exact) mass is 325 g/mol. The van der Waals surface area contributed by atoms with Gasteiger partial charge in [-0.1, -0.05) is 6.07 Å². The fourth-order valence-corrected chi connectivity index (χ4v) is 2.38. The fourth-order valence-electron chi connectivity index (χ4n) is 1.79. The number of nitrogens with zero attached hydrogens (tertiary/aromatic N) is 1. The zero-order valence-electron chi connectivity index (χ0n) is 11.4. The second kappa shape index (κ2) is 6.80. The molecule has 2 N–H and O–H groups in total. The van der Waals surface area contributed by atoms with Gasteiger partial charge in [0.25, 0.3) is 0 Å². The van der Waals surface area contributed by atoms with Crippen LogP contribution in [-0.4, -0.2) is 26.7 Å². The highest BCUT2D eigenvalue weighted by Gasteiger charge is 2.20. The summed E-state index contributed by atoms with van der Waals surface area (Å²) >= 11 is 3.49. The van der Waals surface area contributed by atoms with Crippen LogP contribution < -0.4 is 15.4 Å². The number of aliphatic imine (C=N–C) groups is 1. The highest BCUT2D eigenvalue weighted by atomic mass is 79.9. The lowest BCUT2D eigenvalue weighted by Gasteiger charge is -2.12. The number of guanidine groups is 1. The molecule has 0 unspecified atom stereocenters. The molecule has 104 valence electrons. The largest absolute Gasteiger partial charge is 0.496 e. The van der Waals surface area contributed by atoms with Crippen LogP contribution in [0.5, 0.6) is 5.75 Å². The molecule has 1 aromatic rings. The molecule has 1 aromatic carbocycles. The first kappa shape index (κ1) is 14.2. The van der Waals surface area contributed by atoms with Gasteiger partial charge < -0.3 is 15.4 Å². The molecule has 0 bridgehead atoms. The highest BCUT2D eigenvalue weighted by Crippen LogP contribution is 2.27. The lowest BCUT2D eigenvalue weighted by molar-refractivity contribution is 0.412. The maximum atomic E-state index is 5.22. The molecule has 0 aliphatic heterocycles. The van der Waals surface area contributed by atoms with E-state index in [1.807, 2.05) is 12.1 Å². The van der Waals surface area contributed by atoms with E-state index in [-0.39, 0.29) is 0 Å². The smallest absolute Gasteiger partial charge is 0.191 e. The second-order valence-corrected chi connectivity index (χ2v) is 5.57. The predicted octanol–water partition coefficient (Wildman–Crippen LogP) is 2.53. The molecule has 1 aliphatic carbocycles. The maximum absolute atomic E-state index is 5.22. The van der Waals surface area contributed by atoms with E-state index in [2.05, 4.69) is 37.6 Å². The molecule has 4 nitrogen and oxygen atoms in total. The van der Waals surface area contributed by atoms with Gasteiger partial charge in [0.05, 0.1) is 11.6 Å². The Hall–Kier alpha value is -1.23. The van der Waals surface area contributed by atoms with Crippen molar-refractivity contribution in [3.63, 3.8) is 0 Å². The third kappa shape index (κ3) is 4.42. The van der Waals surface area contributed by atoms with Crippen molar-refractivity contribution in [3.8, 4) is 5.75 Å². The third-order valence-corrected chi connectivity index (χ3v) is 3.77. The fraction of sp³-hybridized carbons (Fsp3) is 0.500. The second-order valence-electron chi connectivity index (χ2n) is 4.72. The Morgan fingerprint density at radius 1 is 1.42 bits per heavy atom. The Kier molecular flexibility index (Phi) is 5.07. The SMILES string of the molecule is CN=C(NCc1ccc(OC)c(Br)c1)NCC1CC1. The van der Waals surface area contributed by atoms with Crippen molar-refractivity contribution in [2.45, 2.75) is 19.4 Å². The van der Waals surface area contributed by atoms with Crippen molar-refractivity contribution in [3.05, 3.63) is 28.2 Å². The first-order chi connectivity index (χ1) is 9.22. The third-order valence-electron chi connectivity index (χ3n) is 3.15. The molecule has 0 spiro atoms. The first-order valence-corrected chi connectivity index (χ1v) is 7.29. The van der Waals surface area contributed by atoms with Crippen LogP contribution in [0.3, 0.4) is 0 Å². The van der Waals surface area contributed by atoms with Crippen molar-refractivity contribution >= 4 is 21.9 Å². The number of ether oxygens (including phenoxy) is 1. The van der Waals surface area contributed by atoms with Gasteiger partial charge in [0.1, 0.15) is 5.75 Å². The van der Waals surface area contributed by atoms with E-state index >= 15 is 0 Å². The number of hydrogen-bond donors (Lipinski definition) is 2. The van der Waals surface area contributed by atoms with E-state index in [0.717, 1.165) is 35.2 Å². The predicted molar refractivity (Wildman–Crippen MR) is 81.6 cm³/mol. The van der Waals surface area contributed by atoms with Crippen LogP contribution in [0.4, 0.5) is 0 Å². The average Bonchev–Trinajstić information content (AvgIpc) is 3.23. The van der Waals surface area contributed by atoms with E-state index in [0.29, 0.717) is 0 Å². The number of halogens is 1. The van der Waals surface area contributed by atoms with E-state index in [1.54, 1.807) is 14.2 Å². The molecule has 2 rings (SSSR count). The topological polar surface area (TPSA) is 45.7 Å². The molecule has 1 saturated carbocycles. The summed E-state index contributed by atoms with van der Waals surface area (Å²) in [5, 5.41) is 6.65. The maximum Gasteiger partial charge on any atom is 0.191 e. The van der Waals surface area contributed by atoms with Crippen molar-refractivity contribution in [2.24, 2.45) is 10.9 Å². The number of hydrogen-bond acceptors (Lipinski definition) is 2. The average molecular weight is 326 g/mol. The minimum atomic E-state index is 0.743. The van der Waals surface area contributed by atoms with Crippen LogP contribution >= 0.6 is 15.9 Å². The zero-order valence-corrected chi connectivity index (χ0v) is 13.0. The standard InChI is InChI=1S/C14H20BrN3O/c1-16-14(17-8-10-3-4-10)18-9-11-5-6-13(19-2)12(15)7-11/h5-7,10H,3-4,8-9H2,1-2H3,(H2,16,17,18). The summed E-state index contributed by atoms with van der Waals surface area (Å²) in [5.41, 5.74) is 1.18. The molecule has 19 heavy (non-hydrogen) atoms. The summed E-state index contributed by atoms with van der Waals surface area (Å²) in [5.74, 6) is 2.55. The van der Waals surface area contributed by atoms with Gasteiger partial charge in [-0.15, -0.1) is 0 Å². The first-order valence-electron chi connectivity index (χ1n) is 6.50. The molecular formula is C14H20BrN3O. The summed E-state index contributed by atoms with van der Waals surface area (Å²) < 4.78 is 6.18. The van der Waals surface area contributed by atoms with Crippen LogP contribution in [0.25, 0.3) is 0 Å². The van der Waals surface area contributed by atoms with Gasteiger partial charge in [0.15, 0.2) is 5.96 Å². The van der Waals surface area contributed by atoms with E-state index in [1.165, 1.54) is 18.4 Å². The van der Waals surface area contributed by atoms with Crippen LogP contribution in [0, 0.1) is 5.92 Å². The highest BCUT2D eigenvalue weighted by molar-refractivity contribution is 9.10. The van der Waals surface area contributed by atoms with Crippen molar-refractivity contribution in [2.75, 3.05) is 20.7 Å². The number of methoxy groups -OCH3 is 1. The van der Waals surface area contributed by atoms with Gasteiger partial charge in [-0.3, -0.25) is 4.99 Å². The van der Waals surface area contributed by atoms with Crippen LogP contribution in [-0.2, 0) is 6.54 Å². The normalized spacial score (nSPS) is 15.2. The van der Waals surface area contributed by atoms with Crippen LogP contribution in [0.2, 0.25) is 0 Å². The van der Waals surface area contributed by atoms with Gasteiger partial charge in [0, 0.05) is 20.1 Å². The quantitative estimate of drug-likeness (QED) is 0.646. The van der Waals surface area contributed by atoms with Crippen LogP contribution in [0.15, 0.2) is 27.7 Å². The van der Waals surface area contributed by atoms with E-state index < -0.39 is 0 Å². The zero-order chi connectivity index (χ0) is 13.7. The van der Waals surface area contributed by atoms with Crippen molar-refractivity contribution in [1.82, 2.24) is 10.6 Å². The van der Waals surface area contributed by atoms with Gasteiger partial charge in [-0.05, 0) is 52.4 Å². The van der Waals surface area contributed by atoms with Crippen molar-refractivity contribution < 1.29 is 4.74 Å². The molecule has 5 heteroatoms. The molecule has 0 radical (unpaired) electrons. The Labute approximate surface area is 122 Å². The summed E-state index contributed by atoms with van der Waals surface area (Å²) in [7, 11) is 3.47. The molecule has 1 aliphatic rings. The Balaban J connectivity index is 1.84. The molecular weight excluding hydrogens is 306 g/mol. The molecule has 0 heterocycles. The lowest BCUT2D eigenvalue weighted by Crippen LogP contribution is -2.37. The van der Waals surface area contributed by atoms with Crippen molar-refractivity contribution in [1.29, 1.82) is 0 Å². The Morgan fingerprint density at radius 2 is 2.21 bits per heavy atom. The van der Waals surface area contributed by atoms with E-state index in [9.17, 15) is 0 Å². The van der Waals surface area contributed by atoms with Crippen LogP contribution in [0.1, 0.15) is 18.4 Å². The molecule has 0 amide bonds.